The van der Waals surface area contributed by atoms with Gasteiger partial charge in [-0.3, -0.25) is 4.79 Å². The van der Waals surface area contributed by atoms with Gasteiger partial charge in [0, 0.05) is 13.1 Å². The number of nitrogens with two attached hydrogens (primary N) is 1. The van der Waals surface area contributed by atoms with Gasteiger partial charge in [-0.05, 0) is 47.3 Å². The van der Waals surface area contributed by atoms with Crippen LogP contribution in [0.4, 0.5) is 11.8 Å². The topological polar surface area (TPSA) is 167 Å². The van der Waals surface area contributed by atoms with Crippen LogP contribution in [0.1, 0.15) is 35.3 Å². The highest BCUT2D eigenvalue weighted by atomic mass is 16.6. The van der Waals surface area contributed by atoms with Gasteiger partial charge in [-0.1, -0.05) is 12.1 Å². The molecule has 1 aliphatic heterocycles. The largest absolute Gasteiger partial charge is 0.467 e. The fourth-order valence-electron chi connectivity index (χ4n) is 3.04. The summed E-state index contributed by atoms with van der Waals surface area (Å²) in [6.07, 6.45) is 4.80. The molecule has 0 unspecified atom stereocenters. The standard InChI is InChI=1S/C19H21N9O4/c1-30-18-22-17(28-8-3-2-4-9-28)23-19(24-18)31-13-7-5-6-12(10-13)11-21-25-16(29)14-15(20)27-32-26-14/h5-7,10-11H,2-4,8-9H2,1H3,(H2,20,27)(H,25,29)/b21-11+. The lowest BCUT2D eigenvalue weighted by Gasteiger charge is -2.26. The first kappa shape index (κ1) is 21.0. The summed E-state index contributed by atoms with van der Waals surface area (Å²) in [6, 6.07) is 7.29. The summed E-state index contributed by atoms with van der Waals surface area (Å²) in [5.41, 5.74) is 8.28. The first-order valence-corrected chi connectivity index (χ1v) is 9.87. The number of ether oxygens (including phenoxy) is 2. The lowest BCUT2D eigenvalue weighted by atomic mass is 10.1. The van der Waals surface area contributed by atoms with Crippen LogP contribution >= 0.6 is 0 Å². The molecule has 166 valence electrons. The molecule has 0 radical (unpaired) electrons. The summed E-state index contributed by atoms with van der Waals surface area (Å²) in [6.45, 7) is 1.75. The number of amides is 1. The maximum Gasteiger partial charge on any atom is 0.330 e. The van der Waals surface area contributed by atoms with Gasteiger partial charge in [0.1, 0.15) is 5.75 Å². The zero-order chi connectivity index (χ0) is 22.3. The molecule has 1 saturated heterocycles. The lowest BCUT2D eigenvalue weighted by Crippen LogP contribution is -2.31. The minimum absolute atomic E-state index is 0.119. The third-order valence-corrected chi connectivity index (χ3v) is 4.58. The maximum atomic E-state index is 11.9. The number of hydrazone groups is 1. The number of methoxy groups -OCH3 is 1. The summed E-state index contributed by atoms with van der Waals surface area (Å²) in [7, 11) is 1.49. The molecule has 0 bridgehead atoms. The van der Waals surface area contributed by atoms with E-state index in [1.807, 2.05) is 0 Å². The minimum Gasteiger partial charge on any atom is -0.467 e. The number of carbonyl (C=O) groups is 1. The number of benzene rings is 1. The molecule has 3 heterocycles. The Morgan fingerprint density at radius 3 is 2.75 bits per heavy atom. The summed E-state index contributed by atoms with van der Waals surface area (Å²) in [5.74, 6) is 0.233. The van der Waals surface area contributed by atoms with Crippen LogP contribution in [0.5, 0.6) is 17.8 Å². The zero-order valence-electron chi connectivity index (χ0n) is 17.3. The summed E-state index contributed by atoms with van der Waals surface area (Å²) in [5, 5.41) is 10.6. The van der Waals surface area contributed by atoms with E-state index in [-0.39, 0.29) is 23.5 Å². The normalized spacial score (nSPS) is 13.8. The Balaban J connectivity index is 1.45. The van der Waals surface area contributed by atoms with Gasteiger partial charge in [-0.15, -0.1) is 4.98 Å². The van der Waals surface area contributed by atoms with Gasteiger partial charge in [0.15, 0.2) is 0 Å². The van der Waals surface area contributed by atoms with Crippen molar-refractivity contribution in [3.63, 3.8) is 0 Å². The highest BCUT2D eigenvalue weighted by Gasteiger charge is 2.18. The van der Waals surface area contributed by atoms with Gasteiger partial charge in [0.2, 0.25) is 17.5 Å². The second-order valence-electron chi connectivity index (χ2n) is 6.82. The van der Waals surface area contributed by atoms with Crippen LogP contribution in [-0.4, -0.2) is 57.6 Å². The van der Waals surface area contributed by atoms with E-state index in [2.05, 4.69) is 45.3 Å². The maximum absolute atomic E-state index is 11.9. The van der Waals surface area contributed by atoms with Crippen molar-refractivity contribution in [2.24, 2.45) is 5.10 Å². The summed E-state index contributed by atoms with van der Waals surface area (Å²) >= 11 is 0. The third-order valence-electron chi connectivity index (χ3n) is 4.58. The number of anilines is 2. The molecule has 4 rings (SSSR count). The van der Waals surface area contributed by atoms with Crippen molar-refractivity contribution < 1.29 is 18.9 Å². The van der Waals surface area contributed by atoms with Gasteiger partial charge in [0.05, 0.1) is 13.3 Å². The Bertz CT molecular complexity index is 1110. The number of nitrogens with zero attached hydrogens (tertiary/aromatic N) is 7. The van der Waals surface area contributed by atoms with Gasteiger partial charge in [0.25, 0.3) is 5.91 Å². The lowest BCUT2D eigenvalue weighted by molar-refractivity contribution is 0.0946. The van der Waals surface area contributed by atoms with E-state index in [9.17, 15) is 4.79 Å². The Morgan fingerprint density at radius 1 is 1.19 bits per heavy atom. The number of nitrogens with one attached hydrogen (secondary N) is 1. The number of hydrogen-bond acceptors (Lipinski definition) is 12. The molecule has 32 heavy (non-hydrogen) atoms. The molecule has 0 aliphatic carbocycles. The number of rotatable bonds is 7. The van der Waals surface area contributed by atoms with Crippen molar-refractivity contribution in [2.45, 2.75) is 19.3 Å². The Kier molecular flexibility index (Phi) is 6.34. The average molecular weight is 439 g/mol. The summed E-state index contributed by atoms with van der Waals surface area (Å²) < 4.78 is 15.4. The van der Waals surface area contributed by atoms with E-state index in [0.29, 0.717) is 17.3 Å². The number of piperidine rings is 1. The SMILES string of the molecule is COc1nc(Oc2cccc(/C=N/NC(=O)c3nonc3N)c2)nc(N2CCCCC2)n1. The molecular weight excluding hydrogens is 418 g/mol. The van der Waals surface area contributed by atoms with Gasteiger partial charge >= 0.3 is 12.0 Å². The van der Waals surface area contributed by atoms with Crippen LogP contribution in [0.25, 0.3) is 0 Å². The van der Waals surface area contributed by atoms with Gasteiger partial charge in [-0.2, -0.15) is 15.1 Å². The fraction of sp³-hybridized carbons (Fsp3) is 0.316. The molecule has 0 spiro atoms. The second kappa shape index (κ2) is 9.68. The number of aromatic nitrogens is 5. The highest BCUT2D eigenvalue weighted by Crippen LogP contribution is 2.24. The predicted octanol–water partition coefficient (Wildman–Crippen LogP) is 1.39. The Hall–Kier alpha value is -4.29. The fourth-order valence-corrected chi connectivity index (χ4v) is 3.04. The zero-order valence-corrected chi connectivity index (χ0v) is 17.3. The summed E-state index contributed by atoms with van der Waals surface area (Å²) in [4.78, 5) is 26.9. The van der Waals surface area contributed by atoms with Crippen LogP contribution in [0.15, 0.2) is 34.0 Å². The molecule has 13 heteroatoms. The number of nitrogen functional groups attached to an aromatic ring is 1. The Morgan fingerprint density at radius 2 is 2.00 bits per heavy atom. The number of hydrogen-bond donors (Lipinski definition) is 2. The van der Waals surface area contributed by atoms with E-state index in [1.165, 1.54) is 19.7 Å². The van der Waals surface area contributed by atoms with Crippen LogP contribution in [0.2, 0.25) is 0 Å². The molecule has 0 saturated carbocycles. The first-order chi connectivity index (χ1) is 15.6. The number of carbonyl (C=O) groups excluding carboxylic acids is 1. The van der Waals surface area contributed by atoms with E-state index >= 15 is 0 Å². The molecule has 1 aliphatic rings. The molecule has 0 atom stereocenters. The molecule has 1 aromatic carbocycles. The van der Waals surface area contributed by atoms with E-state index in [0.717, 1.165) is 25.9 Å². The first-order valence-electron chi connectivity index (χ1n) is 9.87. The van der Waals surface area contributed by atoms with Crippen molar-refractivity contribution in [1.29, 1.82) is 0 Å². The second-order valence-corrected chi connectivity index (χ2v) is 6.82. The third kappa shape index (κ3) is 5.06. The smallest absolute Gasteiger partial charge is 0.330 e. The Labute approximate surface area is 182 Å². The molecule has 1 fully saturated rings. The van der Waals surface area contributed by atoms with E-state index in [4.69, 9.17) is 15.2 Å². The average Bonchev–Trinajstić information content (AvgIpc) is 3.25. The van der Waals surface area contributed by atoms with Crippen molar-refractivity contribution in [2.75, 3.05) is 30.8 Å². The van der Waals surface area contributed by atoms with Gasteiger partial charge in [-0.25, -0.2) is 10.1 Å². The molecule has 13 nitrogen and oxygen atoms in total. The molecule has 1 amide bonds. The van der Waals surface area contributed by atoms with Crippen molar-refractivity contribution in [3.05, 3.63) is 35.5 Å². The minimum atomic E-state index is -0.644. The highest BCUT2D eigenvalue weighted by molar-refractivity contribution is 5.96. The monoisotopic (exact) mass is 439 g/mol. The quantitative estimate of drug-likeness (QED) is 0.403. The van der Waals surface area contributed by atoms with Crippen LogP contribution in [-0.2, 0) is 0 Å². The van der Waals surface area contributed by atoms with Crippen LogP contribution < -0.4 is 25.5 Å². The predicted molar refractivity (Wildman–Crippen MR) is 113 cm³/mol. The van der Waals surface area contributed by atoms with E-state index in [1.54, 1.807) is 24.3 Å². The van der Waals surface area contributed by atoms with Crippen LogP contribution in [0.3, 0.4) is 0 Å². The van der Waals surface area contributed by atoms with Crippen LogP contribution in [0, 0.1) is 0 Å². The van der Waals surface area contributed by atoms with Crippen molar-refractivity contribution >= 4 is 23.9 Å². The van der Waals surface area contributed by atoms with Crippen molar-refractivity contribution in [3.8, 4) is 17.8 Å². The molecule has 2 aromatic heterocycles. The van der Waals surface area contributed by atoms with E-state index < -0.39 is 5.91 Å². The van der Waals surface area contributed by atoms with Gasteiger partial charge < -0.3 is 20.1 Å². The molecular formula is C19H21N9O4. The molecule has 3 aromatic rings. The molecule has 3 N–H and O–H groups in total. The van der Waals surface area contributed by atoms with Crippen molar-refractivity contribution in [1.82, 2.24) is 30.7 Å².